The average molecular weight is 379 g/mol. The summed E-state index contributed by atoms with van der Waals surface area (Å²) in [5.74, 6) is -0.532. The van der Waals surface area contributed by atoms with Gasteiger partial charge in [-0.15, -0.1) is 0 Å². The van der Waals surface area contributed by atoms with Gasteiger partial charge in [0.2, 0.25) is 0 Å². The number of halogens is 1. The van der Waals surface area contributed by atoms with Crippen molar-refractivity contribution in [3.8, 4) is 11.5 Å². The van der Waals surface area contributed by atoms with Gasteiger partial charge in [-0.05, 0) is 42.0 Å². The highest BCUT2D eigenvalue weighted by Crippen LogP contribution is 2.32. The highest BCUT2D eigenvalue weighted by Gasteiger charge is 2.19. The fourth-order valence-corrected chi connectivity index (χ4v) is 2.46. The van der Waals surface area contributed by atoms with Crippen molar-refractivity contribution in [2.24, 2.45) is 0 Å². The van der Waals surface area contributed by atoms with Gasteiger partial charge < -0.3 is 14.6 Å². The second-order valence-electron chi connectivity index (χ2n) is 4.77. The van der Waals surface area contributed by atoms with Crippen molar-refractivity contribution in [3.05, 3.63) is 57.6 Å². The number of benzene rings is 2. The average Bonchev–Trinajstić information content (AvgIpc) is 2.54. The van der Waals surface area contributed by atoms with Crippen molar-refractivity contribution in [1.29, 1.82) is 0 Å². The Kier molecular flexibility index (Phi) is 5.39. The van der Waals surface area contributed by atoms with Gasteiger partial charge in [0.25, 0.3) is 0 Å². The van der Waals surface area contributed by atoms with Crippen LogP contribution in [0.3, 0.4) is 0 Å². The van der Waals surface area contributed by atoms with Crippen LogP contribution >= 0.6 is 15.9 Å². The van der Waals surface area contributed by atoms with Gasteiger partial charge in [-0.25, -0.2) is 0 Å². The van der Waals surface area contributed by atoms with Gasteiger partial charge in [0.15, 0.2) is 17.3 Å². The zero-order valence-electron chi connectivity index (χ0n) is 12.6. The standard InChI is InChI=1S/C17H15BrO5/c1-22-14-7-11(8-16(19)20)13(9-15(14)23-2)17(21)10-3-5-12(18)6-4-10/h3-7,9H,8H2,1-2H3,(H,19,20). The molecule has 2 aromatic carbocycles. The predicted molar refractivity (Wildman–Crippen MR) is 88.5 cm³/mol. The van der Waals surface area contributed by atoms with Gasteiger partial charge in [-0.1, -0.05) is 15.9 Å². The number of ether oxygens (including phenoxy) is 2. The topological polar surface area (TPSA) is 72.8 Å². The predicted octanol–water partition coefficient (Wildman–Crippen LogP) is 3.32. The molecule has 1 N–H and O–H groups in total. The third-order valence-electron chi connectivity index (χ3n) is 3.30. The first-order valence-corrected chi connectivity index (χ1v) is 7.52. The number of hydrogen-bond acceptors (Lipinski definition) is 4. The summed E-state index contributed by atoms with van der Waals surface area (Å²) in [6, 6.07) is 9.90. The Morgan fingerprint density at radius 2 is 1.61 bits per heavy atom. The van der Waals surface area contributed by atoms with Crippen molar-refractivity contribution < 1.29 is 24.2 Å². The van der Waals surface area contributed by atoms with E-state index in [-0.39, 0.29) is 17.8 Å². The lowest BCUT2D eigenvalue weighted by molar-refractivity contribution is -0.136. The number of rotatable bonds is 6. The summed E-state index contributed by atoms with van der Waals surface area (Å²) in [6.45, 7) is 0. The molecule has 0 saturated heterocycles. The van der Waals surface area contributed by atoms with Crippen LogP contribution in [0.15, 0.2) is 40.9 Å². The van der Waals surface area contributed by atoms with E-state index < -0.39 is 5.97 Å². The molecule has 6 heteroatoms. The van der Waals surface area contributed by atoms with Crippen molar-refractivity contribution in [2.75, 3.05) is 14.2 Å². The first-order valence-electron chi connectivity index (χ1n) is 6.73. The minimum Gasteiger partial charge on any atom is -0.493 e. The van der Waals surface area contributed by atoms with E-state index in [0.717, 1.165) is 4.47 Å². The lowest BCUT2D eigenvalue weighted by Crippen LogP contribution is -2.10. The summed E-state index contributed by atoms with van der Waals surface area (Å²) >= 11 is 3.31. The molecule has 0 amide bonds. The summed E-state index contributed by atoms with van der Waals surface area (Å²) in [6.07, 6.45) is -0.280. The normalized spacial score (nSPS) is 10.2. The van der Waals surface area contributed by atoms with Gasteiger partial charge >= 0.3 is 5.97 Å². The molecule has 2 rings (SSSR count). The summed E-state index contributed by atoms with van der Waals surface area (Å²) in [4.78, 5) is 23.8. The third kappa shape index (κ3) is 3.90. The van der Waals surface area contributed by atoms with E-state index in [0.29, 0.717) is 22.6 Å². The zero-order valence-corrected chi connectivity index (χ0v) is 14.2. The summed E-state index contributed by atoms with van der Waals surface area (Å²) in [5.41, 5.74) is 1.13. The Bertz CT molecular complexity index is 737. The molecule has 23 heavy (non-hydrogen) atoms. The number of ketones is 1. The van der Waals surface area contributed by atoms with Gasteiger partial charge in [0, 0.05) is 15.6 Å². The summed E-state index contributed by atoms with van der Waals surface area (Å²) < 4.78 is 11.2. The molecule has 5 nitrogen and oxygen atoms in total. The monoisotopic (exact) mass is 378 g/mol. The molecular formula is C17H15BrO5. The molecule has 0 atom stereocenters. The molecule has 0 aromatic heterocycles. The van der Waals surface area contributed by atoms with Gasteiger partial charge in [-0.2, -0.15) is 0 Å². The second kappa shape index (κ2) is 7.28. The molecule has 0 spiro atoms. The number of hydrogen-bond donors (Lipinski definition) is 1. The maximum atomic E-state index is 12.7. The van der Waals surface area contributed by atoms with Crippen molar-refractivity contribution in [1.82, 2.24) is 0 Å². The number of carbonyl (C=O) groups is 2. The maximum absolute atomic E-state index is 12.7. The highest BCUT2D eigenvalue weighted by atomic mass is 79.9. The second-order valence-corrected chi connectivity index (χ2v) is 5.69. The number of aliphatic carboxylic acids is 1. The van der Waals surface area contributed by atoms with Crippen LogP contribution in [0.25, 0.3) is 0 Å². The van der Waals surface area contributed by atoms with E-state index in [1.165, 1.54) is 26.4 Å². The van der Waals surface area contributed by atoms with Crippen molar-refractivity contribution in [3.63, 3.8) is 0 Å². The number of carboxylic acid groups (broad SMARTS) is 1. The Hall–Kier alpha value is -2.34. The third-order valence-corrected chi connectivity index (χ3v) is 3.83. The number of carbonyl (C=O) groups excluding carboxylic acids is 1. The van der Waals surface area contributed by atoms with Crippen LogP contribution < -0.4 is 9.47 Å². The van der Waals surface area contributed by atoms with Crippen LogP contribution in [-0.4, -0.2) is 31.1 Å². The summed E-state index contributed by atoms with van der Waals surface area (Å²) in [7, 11) is 2.92. The molecular weight excluding hydrogens is 364 g/mol. The molecule has 0 radical (unpaired) electrons. The quantitative estimate of drug-likeness (QED) is 0.780. The van der Waals surface area contributed by atoms with E-state index >= 15 is 0 Å². The van der Waals surface area contributed by atoms with Crippen molar-refractivity contribution >= 4 is 27.7 Å². The fraction of sp³-hybridized carbons (Fsp3) is 0.176. The minimum absolute atomic E-state index is 0.269. The van der Waals surface area contributed by atoms with Crippen molar-refractivity contribution in [2.45, 2.75) is 6.42 Å². The molecule has 2 aromatic rings. The van der Waals surface area contributed by atoms with E-state index in [1.54, 1.807) is 24.3 Å². The highest BCUT2D eigenvalue weighted by molar-refractivity contribution is 9.10. The molecule has 0 aliphatic carbocycles. The largest absolute Gasteiger partial charge is 0.493 e. The van der Waals surface area contributed by atoms with Crippen LogP contribution in [0.4, 0.5) is 0 Å². The molecule has 0 saturated carbocycles. The first kappa shape index (κ1) is 17.0. The number of carboxylic acids is 1. The Balaban J connectivity index is 2.55. The minimum atomic E-state index is -1.03. The SMILES string of the molecule is COc1cc(CC(=O)O)c(C(=O)c2ccc(Br)cc2)cc1OC. The maximum Gasteiger partial charge on any atom is 0.307 e. The zero-order chi connectivity index (χ0) is 17.0. The van der Waals surface area contributed by atoms with E-state index in [9.17, 15) is 9.59 Å². The van der Waals surface area contributed by atoms with Crippen LogP contribution in [0.2, 0.25) is 0 Å². The Labute approximate surface area is 142 Å². The first-order chi connectivity index (χ1) is 11.0. The fourth-order valence-electron chi connectivity index (χ4n) is 2.20. The molecule has 0 heterocycles. The van der Waals surface area contributed by atoms with Crippen LogP contribution in [0, 0.1) is 0 Å². The smallest absolute Gasteiger partial charge is 0.307 e. The van der Waals surface area contributed by atoms with E-state index in [4.69, 9.17) is 14.6 Å². The van der Waals surface area contributed by atoms with Crippen LogP contribution in [-0.2, 0) is 11.2 Å². The molecule has 120 valence electrons. The van der Waals surface area contributed by atoms with Gasteiger partial charge in [-0.3, -0.25) is 9.59 Å². The molecule has 0 fully saturated rings. The molecule has 0 aliphatic heterocycles. The molecule has 0 unspecified atom stereocenters. The van der Waals surface area contributed by atoms with E-state index in [1.807, 2.05) is 0 Å². The Morgan fingerprint density at radius 3 is 2.13 bits per heavy atom. The molecule has 0 aliphatic rings. The lowest BCUT2D eigenvalue weighted by atomic mass is 9.96. The summed E-state index contributed by atoms with van der Waals surface area (Å²) in [5, 5.41) is 9.08. The Morgan fingerprint density at radius 1 is 1.04 bits per heavy atom. The van der Waals surface area contributed by atoms with Gasteiger partial charge in [0.05, 0.1) is 20.6 Å². The molecule has 0 bridgehead atoms. The lowest BCUT2D eigenvalue weighted by Gasteiger charge is -2.13. The van der Waals surface area contributed by atoms with Gasteiger partial charge in [0.1, 0.15) is 0 Å². The van der Waals surface area contributed by atoms with E-state index in [2.05, 4.69) is 15.9 Å². The van der Waals surface area contributed by atoms with Crippen LogP contribution in [0.1, 0.15) is 21.5 Å². The van der Waals surface area contributed by atoms with Crippen LogP contribution in [0.5, 0.6) is 11.5 Å². The number of methoxy groups -OCH3 is 2.